The van der Waals surface area contributed by atoms with Crippen molar-refractivity contribution in [1.82, 2.24) is 20.4 Å². The fourth-order valence-electron chi connectivity index (χ4n) is 3.82. The van der Waals surface area contributed by atoms with E-state index < -0.39 is 0 Å². The first-order valence-corrected chi connectivity index (χ1v) is 10.5. The van der Waals surface area contributed by atoms with Crippen LogP contribution in [0, 0.1) is 5.92 Å². The molecule has 1 heterocycles. The SMILES string of the molecule is CN=C(NCC(c1ccccc1OC)N(C)C)NCC(C(C)C)N1CCOCC1. The van der Waals surface area contributed by atoms with Crippen LogP contribution in [0.2, 0.25) is 0 Å². The number of ether oxygens (including phenoxy) is 2. The lowest BCUT2D eigenvalue weighted by Crippen LogP contribution is -2.53. The number of hydrogen-bond donors (Lipinski definition) is 2. The molecule has 1 saturated heterocycles. The van der Waals surface area contributed by atoms with Gasteiger partial charge >= 0.3 is 0 Å². The number of methoxy groups -OCH3 is 1. The van der Waals surface area contributed by atoms with Gasteiger partial charge in [0, 0.05) is 44.8 Å². The van der Waals surface area contributed by atoms with Gasteiger partial charge in [-0.2, -0.15) is 0 Å². The molecule has 1 aromatic carbocycles. The van der Waals surface area contributed by atoms with Crippen LogP contribution in [0.25, 0.3) is 0 Å². The molecule has 164 valence electrons. The molecule has 2 atom stereocenters. The minimum Gasteiger partial charge on any atom is -0.496 e. The fourth-order valence-corrected chi connectivity index (χ4v) is 3.82. The second-order valence-electron chi connectivity index (χ2n) is 8.02. The first-order valence-electron chi connectivity index (χ1n) is 10.5. The van der Waals surface area contributed by atoms with Gasteiger partial charge in [-0.05, 0) is 26.1 Å². The number of rotatable bonds is 9. The molecule has 7 nitrogen and oxygen atoms in total. The van der Waals surface area contributed by atoms with Crippen LogP contribution in [0.15, 0.2) is 29.3 Å². The second kappa shape index (κ2) is 12.0. The molecule has 0 aliphatic carbocycles. The number of nitrogens with one attached hydrogen (secondary N) is 2. The number of benzene rings is 1. The highest BCUT2D eigenvalue weighted by molar-refractivity contribution is 5.79. The monoisotopic (exact) mass is 405 g/mol. The van der Waals surface area contributed by atoms with Gasteiger partial charge in [0.25, 0.3) is 0 Å². The topological polar surface area (TPSA) is 61.4 Å². The molecule has 2 unspecified atom stereocenters. The fraction of sp³-hybridized carbons (Fsp3) is 0.682. The van der Waals surface area contributed by atoms with Gasteiger partial charge in [0.2, 0.25) is 0 Å². The van der Waals surface area contributed by atoms with Gasteiger partial charge in [-0.25, -0.2) is 0 Å². The zero-order valence-corrected chi connectivity index (χ0v) is 18.9. The Morgan fingerprint density at radius 2 is 1.83 bits per heavy atom. The molecule has 0 bridgehead atoms. The average molecular weight is 406 g/mol. The van der Waals surface area contributed by atoms with Crippen molar-refractivity contribution in [3.63, 3.8) is 0 Å². The molecule has 1 aliphatic heterocycles. The minimum absolute atomic E-state index is 0.171. The van der Waals surface area contributed by atoms with E-state index in [9.17, 15) is 0 Å². The number of morpholine rings is 1. The lowest BCUT2D eigenvalue weighted by Gasteiger charge is -2.37. The van der Waals surface area contributed by atoms with Crippen molar-refractivity contribution in [2.24, 2.45) is 10.9 Å². The van der Waals surface area contributed by atoms with Crippen molar-refractivity contribution < 1.29 is 9.47 Å². The summed E-state index contributed by atoms with van der Waals surface area (Å²) in [5.74, 6) is 2.29. The molecule has 2 N–H and O–H groups in total. The maximum Gasteiger partial charge on any atom is 0.191 e. The third-order valence-electron chi connectivity index (χ3n) is 5.57. The number of hydrogen-bond acceptors (Lipinski definition) is 5. The van der Waals surface area contributed by atoms with E-state index in [1.165, 1.54) is 0 Å². The van der Waals surface area contributed by atoms with Crippen LogP contribution >= 0.6 is 0 Å². The molecule has 0 aromatic heterocycles. The summed E-state index contributed by atoms with van der Waals surface area (Å²) in [6.45, 7) is 9.78. The number of likely N-dealkylation sites (N-methyl/N-ethyl adjacent to an activating group) is 1. The summed E-state index contributed by atoms with van der Waals surface area (Å²) in [7, 11) is 7.71. The van der Waals surface area contributed by atoms with Gasteiger partial charge in [-0.15, -0.1) is 0 Å². The van der Waals surface area contributed by atoms with Gasteiger partial charge < -0.3 is 25.0 Å². The van der Waals surface area contributed by atoms with Crippen LogP contribution in [0.3, 0.4) is 0 Å². The number of nitrogens with zero attached hydrogens (tertiary/aromatic N) is 3. The van der Waals surface area contributed by atoms with Gasteiger partial charge in [-0.1, -0.05) is 32.0 Å². The van der Waals surface area contributed by atoms with E-state index in [0.29, 0.717) is 12.0 Å². The maximum atomic E-state index is 5.57. The van der Waals surface area contributed by atoms with E-state index in [2.05, 4.69) is 65.5 Å². The Bertz CT molecular complexity index is 629. The highest BCUT2D eigenvalue weighted by atomic mass is 16.5. The van der Waals surface area contributed by atoms with Crippen LogP contribution in [0.1, 0.15) is 25.5 Å². The Labute approximate surface area is 176 Å². The summed E-state index contributed by atoms with van der Waals surface area (Å²) >= 11 is 0. The smallest absolute Gasteiger partial charge is 0.191 e. The number of para-hydroxylation sites is 1. The molecule has 2 rings (SSSR count). The molecule has 0 radical (unpaired) electrons. The van der Waals surface area contributed by atoms with Crippen molar-refractivity contribution in [1.29, 1.82) is 0 Å². The molecule has 7 heteroatoms. The highest BCUT2D eigenvalue weighted by Gasteiger charge is 2.24. The van der Waals surface area contributed by atoms with Crippen molar-refractivity contribution in [3.05, 3.63) is 29.8 Å². The number of aliphatic imine (C=N–C) groups is 1. The van der Waals surface area contributed by atoms with E-state index in [4.69, 9.17) is 9.47 Å². The standard InChI is InChI=1S/C22H39N5O2/c1-17(2)19(27-11-13-29-14-12-27)15-24-22(23-3)25-16-20(26(4)5)18-9-7-8-10-21(18)28-6/h7-10,17,19-20H,11-16H2,1-6H3,(H2,23,24,25). The first-order chi connectivity index (χ1) is 14.0. The van der Waals surface area contributed by atoms with E-state index in [-0.39, 0.29) is 6.04 Å². The highest BCUT2D eigenvalue weighted by Crippen LogP contribution is 2.27. The van der Waals surface area contributed by atoms with Crippen LogP contribution in [0.5, 0.6) is 5.75 Å². The molecule has 0 saturated carbocycles. The van der Waals surface area contributed by atoms with Crippen LogP contribution < -0.4 is 15.4 Å². The summed E-state index contributed by atoms with van der Waals surface area (Å²) in [6, 6.07) is 8.81. The van der Waals surface area contributed by atoms with Crippen molar-refractivity contribution in [2.45, 2.75) is 25.9 Å². The van der Waals surface area contributed by atoms with Crippen molar-refractivity contribution in [2.75, 3.05) is 67.6 Å². The summed E-state index contributed by atoms with van der Waals surface area (Å²) in [4.78, 5) is 9.15. The molecular formula is C22H39N5O2. The van der Waals surface area contributed by atoms with E-state index >= 15 is 0 Å². The average Bonchev–Trinajstić information content (AvgIpc) is 2.73. The molecule has 1 fully saturated rings. The third-order valence-corrected chi connectivity index (χ3v) is 5.57. The Hall–Kier alpha value is -1.83. The number of guanidine groups is 1. The predicted molar refractivity (Wildman–Crippen MR) is 120 cm³/mol. The second-order valence-corrected chi connectivity index (χ2v) is 8.02. The molecule has 0 amide bonds. The molecule has 1 aromatic rings. The summed E-state index contributed by atoms with van der Waals surface area (Å²) in [6.07, 6.45) is 0. The maximum absolute atomic E-state index is 5.57. The molecular weight excluding hydrogens is 366 g/mol. The van der Waals surface area contributed by atoms with Gasteiger partial charge in [0.05, 0.1) is 26.4 Å². The normalized spacial score (nSPS) is 18.0. The van der Waals surface area contributed by atoms with E-state index in [0.717, 1.165) is 56.7 Å². The quantitative estimate of drug-likeness (QED) is 0.483. The zero-order valence-electron chi connectivity index (χ0n) is 18.9. The van der Waals surface area contributed by atoms with Gasteiger partial charge in [0.15, 0.2) is 5.96 Å². The summed E-state index contributed by atoms with van der Waals surface area (Å²) in [5, 5.41) is 7.03. The largest absolute Gasteiger partial charge is 0.496 e. The van der Waals surface area contributed by atoms with Crippen LogP contribution in [-0.4, -0.2) is 89.4 Å². The predicted octanol–water partition coefficient (Wildman–Crippen LogP) is 1.82. The zero-order chi connectivity index (χ0) is 21.2. The lowest BCUT2D eigenvalue weighted by atomic mass is 10.0. The van der Waals surface area contributed by atoms with Crippen molar-refractivity contribution >= 4 is 5.96 Å². The molecule has 1 aliphatic rings. The molecule has 29 heavy (non-hydrogen) atoms. The Kier molecular flexibility index (Phi) is 9.70. The summed E-state index contributed by atoms with van der Waals surface area (Å²) < 4.78 is 11.1. The van der Waals surface area contributed by atoms with Crippen molar-refractivity contribution in [3.8, 4) is 5.75 Å². The lowest BCUT2D eigenvalue weighted by molar-refractivity contribution is 0.00752. The molecule has 0 spiro atoms. The Balaban J connectivity index is 1.97. The Morgan fingerprint density at radius 1 is 1.17 bits per heavy atom. The van der Waals surface area contributed by atoms with Gasteiger partial charge in [-0.3, -0.25) is 9.89 Å². The van der Waals surface area contributed by atoms with Crippen LogP contribution in [-0.2, 0) is 4.74 Å². The van der Waals surface area contributed by atoms with Gasteiger partial charge in [0.1, 0.15) is 5.75 Å². The first kappa shape index (κ1) is 23.4. The van der Waals surface area contributed by atoms with Crippen LogP contribution in [0.4, 0.5) is 0 Å². The van der Waals surface area contributed by atoms with E-state index in [1.54, 1.807) is 7.11 Å². The van der Waals surface area contributed by atoms with E-state index in [1.807, 2.05) is 19.2 Å². The Morgan fingerprint density at radius 3 is 2.41 bits per heavy atom. The third kappa shape index (κ3) is 6.87. The minimum atomic E-state index is 0.171. The summed E-state index contributed by atoms with van der Waals surface area (Å²) in [5.41, 5.74) is 1.16.